The Hall–Kier alpha value is -1.59. The summed E-state index contributed by atoms with van der Waals surface area (Å²) in [4.78, 5) is 12.4. The lowest BCUT2D eigenvalue weighted by molar-refractivity contribution is -0.135. The summed E-state index contributed by atoms with van der Waals surface area (Å²) in [5.41, 5.74) is 2.02. The van der Waals surface area contributed by atoms with Crippen molar-refractivity contribution in [2.75, 3.05) is 0 Å². The van der Waals surface area contributed by atoms with Gasteiger partial charge >= 0.3 is 6.03 Å². The van der Waals surface area contributed by atoms with Crippen LogP contribution in [0.5, 0.6) is 0 Å². The third-order valence-electron chi connectivity index (χ3n) is 5.41. The van der Waals surface area contributed by atoms with Crippen LogP contribution in [0.15, 0.2) is 24.3 Å². The molecule has 2 aliphatic carbocycles. The molecule has 0 bridgehead atoms. The normalized spacial score (nSPS) is 30.6. The van der Waals surface area contributed by atoms with Gasteiger partial charge in [0.05, 0.1) is 24.4 Å². The lowest BCUT2D eigenvalue weighted by atomic mass is 9.64. The molecule has 0 heterocycles. The fraction of sp³-hybridized carbons (Fsp3) is 0.632. The van der Waals surface area contributed by atoms with Gasteiger partial charge in [-0.05, 0) is 31.4 Å². The Bertz CT molecular complexity index is 614. The first-order valence-corrected chi connectivity index (χ1v) is 8.77. The average molecular weight is 332 g/mol. The fourth-order valence-corrected chi connectivity index (χ4v) is 3.78. The van der Waals surface area contributed by atoms with E-state index in [4.69, 9.17) is 4.74 Å². The van der Waals surface area contributed by atoms with E-state index in [-0.39, 0.29) is 35.7 Å². The SMILES string of the molecule is CC(C)OC1CC(NC(=O)NC2c3ccccc3CC2O)C1(C)C. The molecule has 0 saturated heterocycles. The minimum Gasteiger partial charge on any atom is -0.390 e. The van der Waals surface area contributed by atoms with E-state index in [1.807, 2.05) is 38.1 Å². The number of rotatable bonds is 4. The summed E-state index contributed by atoms with van der Waals surface area (Å²) in [7, 11) is 0. The van der Waals surface area contributed by atoms with Crippen LogP contribution < -0.4 is 10.6 Å². The number of nitrogens with one attached hydrogen (secondary N) is 2. The van der Waals surface area contributed by atoms with Gasteiger partial charge in [0.1, 0.15) is 0 Å². The third kappa shape index (κ3) is 3.15. The number of ether oxygens (including phenoxy) is 1. The number of aliphatic hydroxyl groups is 1. The number of benzene rings is 1. The van der Waals surface area contributed by atoms with Gasteiger partial charge in [0.2, 0.25) is 0 Å². The number of hydrogen-bond acceptors (Lipinski definition) is 3. The van der Waals surface area contributed by atoms with Crippen molar-refractivity contribution >= 4 is 6.03 Å². The van der Waals surface area contributed by atoms with E-state index in [1.165, 1.54) is 0 Å². The van der Waals surface area contributed by atoms with Crippen LogP contribution in [0, 0.1) is 5.41 Å². The smallest absolute Gasteiger partial charge is 0.315 e. The van der Waals surface area contributed by atoms with Crippen molar-refractivity contribution in [2.45, 2.75) is 70.9 Å². The number of carbonyl (C=O) groups is 1. The largest absolute Gasteiger partial charge is 0.390 e. The molecule has 1 aromatic rings. The number of carbonyl (C=O) groups excluding carboxylic acids is 1. The Morgan fingerprint density at radius 2 is 2.00 bits per heavy atom. The van der Waals surface area contributed by atoms with Gasteiger partial charge < -0.3 is 20.5 Å². The Morgan fingerprint density at radius 3 is 2.67 bits per heavy atom. The van der Waals surface area contributed by atoms with E-state index in [0.717, 1.165) is 17.5 Å². The van der Waals surface area contributed by atoms with Gasteiger partial charge in [0, 0.05) is 17.9 Å². The first-order chi connectivity index (χ1) is 11.3. The molecule has 4 unspecified atom stereocenters. The molecule has 0 spiro atoms. The predicted octanol–water partition coefficient (Wildman–Crippen LogP) is 2.54. The second kappa shape index (κ2) is 6.37. The number of urea groups is 1. The van der Waals surface area contributed by atoms with Crippen LogP contribution in [-0.2, 0) is 11.2 Å². The topological polar surface area (TPSA) is 70.6 Å². The monoisotopic (exact) mass is 332 g/mol. The number of aliphatic hydroxyl groups excluding tert-OH is 1. The highest BCUT2D eigenvalue weighted by Crippen LogP contribution is 2.43. The summed E-state index contributed by atoms with van der Waals surface area (Å²) >= 11 is 0. The molecule has 1 saturated carbocycles. The summed E-state index contributed by atoms with van der Waals surface area (Å²) in [6.07, 6.45) is 1.19. The lowest BCUT2D eigenvalue weighted by Gasteiger charge is -2.52. The van der Waals surface area contributed by atoms with Crippen molar-refractivity contribution in [1.29, 1.82) is 0 Å². The first kappa shape index (κ1) is 17.2. The van der Waals surface area contributed by atoms with Crippen molar-refractivity contribution in [1.82, 2.24) is 10.6 Å². The number of fused-ring (bicyclic) bond motifs is 1. The molecular formula is C19H28N2O3. The Balaban J connectivity index is 1.58. The molecule has 3 rings (SSSR count). The molecule has 24 heavy (non-hydrogen) atoms. The van der Waals surface area contributed by atoms with Crippen LogP contribution in [0.3, 0.4) is 0 Å². The van der Waals surface area contributed by atoms with Crippen LogP contribution in [0.25, 0.3) is 0 Å². The van der Waals surface area contributed by atoms with Gasteiger partial charge in [-0.1, -0.05) is 38.1 Å². The van der Waals surface area contributed by atoms with E-state index in [9.17, 15) is 9.90 Å². The highest BCUT2D eigenvalue weighted by molar-refractivity contribution is 5.75. The zero-order valence-electron chi connectivity index (χ0n) is 14.9. The minimum atomic E-state index is -0.570. The molecule has 132 valence electrons. The summed E-state index contributed by atoms with van der Waals surface area (Å²) in [5, 5.41) is 16.2. The molecule has 2 amide bonds. The number of amides is 2. The van der Waals surface area contributed by atoms with Crippen molar-refractivity contribution in [3.05, 3.63) is 35.4 Å². The second-order valence-electron chi connectivity index (χ2n) is 7.85. The minimum absolute atomic E-state index is 0.0787. The van der Waals surface area contributed by atoms with Gasteiger partial charge in [-0.25, -0.2) is 4.79 Å². The van der Waals surface area contributed by atoms with Crippen molar-refractivity contribution < 1.29 is 14.6 Å². The molecule has 5 nitrogen and oxygen atoms in total. The molecule has 0 radical (unpaired) electrons. The van der Waals surface area contributed by atoms with Crippen LogP contribution in [0.1, 0.15) is 51.3 Å². The molecule has 3 N–H and O–H groups in total. The lowest BCUT2D eigenvalue weighted by Crippen LogP contribution is -2.63. The highest BCUT2D eigenvalue weighted by atomic mass is 16.5. The van der Waals surface area contributed by atoms with E-state index < -0.39 is 6.10 Å². The summed E-state index contributed by atoms with van der Waals surface area (Å²) in [5.74, 6) is 0. The van der Waals surface area contributed by atoms with E-state index in [2.05, 4.69) is 24.5 Å². The van der Waals surface area contributed by atoms with Crippen molar-refractivity contribution in [3.8, 4) is 0 Å². The summed E-state index contributed by atoms with van der Waals surface area (Å²) in [6.45, 7) is 8.30. The molecular weight excluding hydrogens is 304 g/mol. The molecule has 0 aromatic heterocycles. The van der Waals surface area contributed by atoms with Crippen LogP contribution in [-0.4, -0.2) is 35.5 Å². The zero-order chi connectivity index (χ0) is 17.5. The standard InChI is InChI=1S/C19H28N2O3/c1-11(2)24-16-10-15(19(16,3)4)20-18(23)21-17-13-8-6-5-7-12(13)9-14(17)22/h5-8,11,14-17,22H,9-10H2,1-4H3,(H2,20,21,23). The Kier molecular flexibility index (Phi) is 4.58. The quantitative estimate of drug-likeness (QED) is 0.793. The van der Waals surface area contributed by atoms with Gasteiger partial charge in [-0.2, -0.15) is 0 Å². The fourth-order valence-electron chi connectivity index (χ4n) is 3.78. The maximum absolute atomic E-state index is 12.4. The maximum atomic E-state index is 12.4. The van der Waals surface area contributed by atoms with Crippen molar-refractivity contribution in [3.63, 3.8) is 0 Å². The molecule has 0 aliphatic heterocycles. The predicted molar refractivity (Wildman–Crippen MR) is 92.8 cm³/mol. The van der Waals surface area contributed by atoms with Crippen molar-refractivity contribution in [2.24, 2.45) is 5.41 Å². The van der Waals surface area contributed by atoms with Crippen LogP contribution in [0.4, 0.5) is 4.79 Å². The average Bonchev–Trinajstić information content (AvgIpc) is 2.82. The van der Waals surface area contributed by atoms with E-state index in [1.54, 1.807) is 0 Å². The third-order valence-corrected chi connectivity index (χ3v) is 5.41. The number of hydrogen-bond donors (Lipinski definition) is 3. The molecule has 5 heteroatoms. The van der Waals surface area contributed by atoms with Gasteiger partial charge in [-0.3, -0.25) is 0 Å². The van der Waals surface area contributed by atoms with Crippen LogP contribution >= 0.6 is 0 Å². The first-order valence-electron chi connectivity index (χ1n) is 8.77. The molecule has 4 atom stereocenters. The molecule has 1 aromatic carbocycles. The van der Waals surface area contributed by atoms with Gasteiger partial charge in [0.15, 0.2) is 0 Å². The zero-order valence-corrected chi connectivity index (χ0v) is 14.9. The highest BCUT2D eigenvalue weighted by Gasteiger charge is 2.50. The van der Waals surface area contributed by atoms with Crippen LogP contribution in [0.2, 0.25) is 0 Å². The maximum Gasteiger partial charge on any atom is 0.315 e. The second-order valence-corrected chi connectivity index (χ2v) is 7.85. The molecule has 2 aliphatic rings. The summed E-state index contributed by atoms with van der Waals surface area (Å²) in [6, 6.07) is 7.38. The van der Waals surface area contributed by atoms with E-state index >= 15 is 0 Å². The van der Waals surface area contributed by atoms with Gasteiger partial charge in [0.25, 0.3) is 0 Å². The Morgan fingerprint density at radius 1 is 1.29 bits per heavy atom. The summed E-state index contributed by atoms with van der Waals surface area (Å²) < 4.78 is 5.90. The molecule has 1 fully saturated rings. The Labute approximate surface area is 143 Å². The van der Waals surface area contributed by atoms with E-state index in [0.29, 0.717) is 6.42 Å². The van der Waals surface area contributed by atoms with Gasteiger partial charge in [-0.15, -0.1) is 0 Å².